The fraction of sp³-hybridized carbons (Fsp3) is 0.250. The minimum atomic E-state index is -4.59. The highest BCUT2D eigenvalue weighted by Gasteiger charge is 2.34. The molecule has 1 aromatic carbocycles. The van der Waals surface area contributed by atoms with Crippen molar-refractivity contribution in [2.45, 2.75) is 26.1 Å². The Morgan fingerprint density at radius 2 is 1.90 bits per heavy atom. The van der Waals surface area contributed by atoms with Gasteiger partial charge in [-0.3, -0.25) is 9.20 Å². The number of halogens is 3. The molecule has 1 aliphatic heterocycles. The maximum atomic E-state index is 13.2. The zero-order chi connectivity index (χ0) is 20.8. The molecule has 29 heavy (non-hydrogen) atoms. The van der Waals surface area contributed by atoms with Gasteiger partial charge in [-0.1, -0.05) is 18.2 Å². The first-order valence-electron chi connectivity index (χ1n) is 8.98. The molecule has 0 aliphatic carbocycles. The van der Waals surface area contributed by atoms with Crippen LogP contribution in [0.5, 0.6) is 0 Å². The fourth-order valence-electron chi connectivity index (χ4n) is 3.50. The first kappa shape index (κ1) is 19.0. The molecule has 0 radical (unpaired) electrons. The maximum Gasteiger partial charge on any atom is 0.418 e. The van der Waals surface area contributed by atoms with Gasteiger partial charge in [-0.15, -0.1) is 0 Å². The molecule has 4 rings (SSSR count). The van der Waals surface area contributed by atoms with Crippen LogP contribution in [0.3, 0.4) is 0 Å². The van der Waals surface area contributed by atoms with Gasteiger partial charge in [-0.2, -0.15) is 13.2 Å². The minimum absolute atomic E-state index is 0.0154. The number of amides is 2. The number of hydrogen-bond acceptors (Lipinski definition) is 3. The van der Waals surface area contributed by atoms with Gasteiger partial charge in [0.1, 0.15) is 5.65 Å². The van der Waals surface area contributed by atoms with Crippen molar-refractivity contribution in [3.05, 3.63) is 75.3 Å². The summed E-state index contributed by atoms with van der Waals surface area (Å²) in [4.78, 5) is 31.4. The van der Waals surface area contributed by atoms with Gasteiger partial charge in [0.15, 0.2) is 0 Å². The minimum Gasteiger partial charge on any atom is -0.320 e. The molecule has 1 aliphatic rings. The van der Waals surface area contributed by atoms with Gasteiger partial charge in [-0.25, -0.2) is 9.78 Å². The second-order valence-electron chi connectivity index (χ2n) is 6.85. The van der Waals surface area contributed by atoms with Crippen molar-refractivity contribution in [2.75, 3.05) is 11.9 Å². The van der Waals surface area contributed by atoms with E-state index in [0.29, 0.717) is 29.0 Å². The molecule has 0 saturated carbocycles. The summed E-state index contributed by atoms with van der Waals surface area (Å²) in [5.74, 6) is 0. The highest BCUT2D eigenvalue weighted by atomic mass is 19.4. The van der Waals surface area contributed by atoms with Crippen LogP contribution in [0.4, 0.5) is 23.7 Å². The molecule has 150 valence electrons. The molecule has 2 amide bonds. The lowest BCUT2D eigenvalue weighted by Gasteiger charge is -2.28. The van der Waals surface area contributed by atoms with Crippen LogP contribution in [-0.4, -0.2) is 26.9 Å². The van der Waals surface area contributed by atoms with Crippen molar-refractivity contribution in [3.63, 3.8) is 0 Å². The van der Waals surface area contributed by atoms with Gasteiger partial charge in [0.05, 0.1) is 29.1 Å². The first-order chi connectivity index (χ1) is 13.8. The van der Waals surface area contributed by atoms with E-state index in [4.69, 9.17) is 0 Å². The monoisotopic (exact) mass is 402 g/mol. The number of nitrogens with one attached hydrogen (secondary N) is 1. The molecule has 3 aromatic rings. The van der Waals surface area contributed by atoms with Crippen molar-refractivity contribution >= 4 is 17.4 Å². The summed E-state index contributed by atoms with van der Waals surface area (Å²) in [6.07, 6.45) is -4.24. The van der Waals surface area contributed by atoms with Gasteiger partial charge >= 0.3 is 12.2 Å². The normalized spacial score (nSPS) is 14.0. The summed E-state index contributed by atoms with van der Waals surface area (Å²) in [5, 5.41) is 2.32. The second kappa shape index (κ2) is 6.91. The van der Waals surface area contributed by atoms with Gasteiger partial charge in [0.2, 0.25) is 0 Å². The molecule has 3 heterocycles. The number of aromatic nitrogens is 2. The largest absolute Gasteiger partial charge is 0.418 e. The molecule has 0 spiro atoms. The molecule has 0 saturated heterocycles. The van der Waals surface area contributed by atoms with E-state index in [2.05, 4.69) is 10.3 Å². The van der Waals surface area contributed by atoms with Crippen LogP contribution in [0.15, 0.2) is 47.3 Å². The first-order valence-corrected chi connectivity index (χ1v) is 8.98. The number of carbonyl (C=O) groups excluding carboxylic acids is 1. The number of benzene rings is 1. The Morgan fingerprint density at radius 3 is 2.66 bits per heavy atom. The van der Waals surface area contributed by atoms with Crippen LogP contribution < -0.4 is 10.9 Å². The van der Waals surface area contributed by atoms with Crippen molar-refractivity contribution < 1.29 is 18.0 Å². The number of carbonyl (C=O) groups is 1. The van der Waals surface area contributed by atoms with Gasteiger partial charge in [0, 0.05) is 18.7 Å². The molecular weight excluding hydrogens is 385 g/mol. The Kier molecular flexibility index (Phi) is 4.52. The van der Waals surface area contributed by atoms with Crippen molar-refractivity contribution in [1.29, 1.82) is 0 Å². The van der Waals surface area contributed by atoms with Crippen molar-refractivity contribution in [3.8, 4) is 0 Å². The average Bonchev–Trinajstić information content (AvgIpc) is 2.67. The topological polar surface area (TPSA) is 66.7 Å². The number of nitrogens with zero attached hydrogens (tertiary/aromatic N) is 3. The standard InChI is InChI=1S/C20H17F3N4O2/c1-12-5-4-8-17-24-15-9-10-26(11-13(15)18(28)27(12)17)19(29)25-16-7-3-2-6-14(16)20(21,22)23/h2-8H,9-11H2,1H3,(H,25,29). The number of pyridine rings is 1. The molecule has 0 unspecified atom stereocenters. The zero-order valence-electron chi connectivity index (χ0n) is 15.5. The fourth-order valence-corrected chi connectivity index (χ4v) is 3.50. The van der Waals surface area contributed by atoms with Crippen LogP contribution >= 0.6 is 0 Å². The smallest absolute Gasteiger partial charge is 0.320 e. The molecule has 2 aromatic heterocycles. The van der Waals surface area contributed by atoms with Gasteiger partial charge in [-0.05, 0) is 31.2 Å². The van der Waals surface area contributed by atoms with Crippen LogP contribution in [0.25, 0.3) is 5.65 Å². The Hall–Kier alpha value is -3.36. The molecular formula is C20H17F3N4O2. The number of aryl methyl sites for hydroxylation is 1. The lowest BCUT2D eigenvalue weighted by molar-refractivity contribution is -0.136. The molecule has 6 nitrogen and oxygen atoms in total. The lowest BCUT2D eigenvalue weighted by Crippen LogP contribution is -2.42. The van der Waals surface area contributed by atoms with E-state index in [1.807, 2.05) is 6.07 Å². The molecule has 0 fully saturated rings. The van der Waals surface area contributed by atoms with Crippen LogP contribution in [0, 0.1) is 6.92 Å². The van der Waals surface area contributed by atoms with E-state index >= 15 is 0 Å². The van der Waals surface area contributed by atoms with E-state index in [0.717, 1.165) is 6.07 Å². The molecule has 0 atom stereocenters. The van der Waals surface area contributed by atoms with Crippen molar-refractivity contribution in [1.82, 2.24) is 14.3 Å². The lowest BCUT2D eigenvalue weighted by atomic mass is 10.1. The van der Waals surface area contributed by atoms with Crippen molar-refractivity contribution in [2.24, 2.45) is 0 Å². The average molecular weight is 402 g/mol. The summed E-state index contributed by atoms with van der Waals surface area (Å²) in [5.41, 5.74) is 0.724. The summed E-state index contributed by atoms with van der Waals surface area (Å²) in [6.45, 7) is 2.02. The quantitative estimate of drug-likeness (QED) is 0.676. The van der Waals surface area contributed by atoms with E-state index in [9.17, 15) is 22.8 Å². The number of alkyl halides is 3. The Labute approximate surface area is 163 Å². The SMILES string of the molecule is Cc1cccc2nc3c(c(=O)n12)CN(C(=O)Nc1ccccc1C(F)(F)F)CC3. The van der Waals surface area contributed by atoms with Gasteiger partial charge < -0.3 is 10.2 Å². The van der Waals surface area contributed by atoms with Crippen LogP contribution in [0.2, 0.25) is 0 Å². The maximum absolute atomic E-state index is 13.2. The number of para-hydroxylation sites is 1. The summed E-state index contributed by atoms with van der Waals surface area (Å²) in [7, 11) is 0. The third-order valence-electron chi connectivity index (χ3n) is 4.95. The molecule has 1 N–H and O–H groups in total. The number of rotatable bonds is 1. The highest BCUT2D eigenvalue weighted by Crippen LogP contribution is 2.34. The summed E-state index contributed by atoms with van der Waals surface area (Å²) in [6, 6.07) is 9.42. The van der Waals surface area contributed by atoms with Crippen LogP contribution in [0.1, 0.15) is 22.5 Å². The summed E-state index contributed by atoms with van der Waals surface area (Å²) >= 11 is 0. The van der Waals surface area contributed by atoms with E-state index in [-0.39, 0.29) is 24.3 Å². The number of hydrogen-bond donors (Lipinski definition) is 1. The van der Waals surface area contributed by atoms with Crippen LogP contribution in [-0.2, 0) is 19.1 Å². The Morgan fingerprint density at radius 1 is 1.14 bits per heavy atom. The third kappa shape index (κ3) is 3.43. The van der Waals surface area contributed by atoms with Gasteiger partial charge in [0.25, 0.3) is 5.56 Å². The zero-order valence-corrected chi connectivity index (χ0v) is 15.5. The molecule has 0 bridgehead atoms. The third-order valence-corrected chi connectivity index (χ3v) is 4.95. The van der Waals surface area contributed by atoms with E-state index < -0.39 is 17.8 Å². The summed E-state index contributed by atoms with van der Waals surface area (Å²) < 4.78 is 41.0. The Balaban J connectivity index is 1.63. The highest BCUT2D eigenvalue weighted by molar-refractivity contribution is 5.90. The number of anilines is 1. The second-order valence-corrected chi connectivity index (χ2v) is 6.85. The predicted octanol–water partition coefficient (Wildman–Crippen LogP) is 3.61. The molecule has 9 heteroatoms. The Bertz CT molecular complexity index is 1170. The van der Waals surface area contributed by atoms with E-state index in [1.54, 1.807) is 19.1 Å². The van der Waals surface area contributed by atoms with E-state index in [1.165, 1.54) is 27.5 Å². The predicted molar refractivity (Wildman–Crippen MR) is 101 cm³/mol. The number of urea groups is 1. The number of fused-ring (bicyclic) bond motifs is 2.